The molecule has 1 aromatic heterocycles. The molecule has 1 heterocycles. The van der Waals surface area contributed by atoms with E-state index in [4.69, 9.17) is 4.98 Å². The number of nitrogens with zero attached hydrogens (tertiary/aromatic N) is 3. The summed E-state index contributed by atoms with van der Waals surface area (Å²) in [4.78, 5) is 22.6. The van der Waals surface area contributed by atoms with Crippen molar-refractivity contribution in [3.05, 3.63) is 23.3 Å². The van der Waals surface area contributed by atoms with Crippen LogP contribution in [0.5, 0.6) is 0 Å². The molecule has 2 aromatic rings. The lowest BCUT2D eigenvalue weighted by Gasteiger charge is -2.29. The van der Waals surface area contributed by atoms with Crippen molar-refractivity contribution in [2.75, 3.05) is 31.1 Å². The second-order valence-electron chi connectivity index (χ2n) is 7.75. The zero-order chi connectivity index (χ0) is 19.4. The number of benzene rings is 1. The standard InChI is InChI=1S/C22H33N3OS/c1-5-24(6-2)12-13-25(21(26)18-10-8-7-9-11-18)22-23-19-14-16(3)17(4)15-20(19)27-22/h14-15,18H,5-13H2,1-4H3. The number of thiazole rings is 1. The van der Waals surface area contributed by atoms with Gasteiger partial charge in [-0.2, -0.15) is 0 Å². The number of amides is 1. The molecule has 1 aliphatic rings. The molecule has 0 bridgehead atoms. The maximum atomic E-state index is 13.4. The average molecular weight is 388 g/mol. The number of anilines is 1. The van der Waals surface area contributed by atoms with E-state index in [9.17, 15) is 4.79 Å². The van der Waals surface area contributed by atoms with Crippen molar-refractivity contribution >= 4 is 32.6 Å². The van der Waals surface area contributed by atoms with Crippen molar-refractivity contribution < 1.29 is 4.79 Å². The van der Waals surface area contributed by atoms with Gasteiger partial charge in [-0.15, -0.1) is 0 Å². The average Bonchev–Trinajstić information content (AvgIpc) is 3.08. The van der Waals surface area contributed by atoms with Gasteiger partial charge in [0.1, 0.15) is 0 Å². The number of rotatable bonds is 7. The van der Waals surface area contributed by atoms with Crippen LogP contribution in [-0.4, -0.2) is 42.0 Å². The largest absolute Gasteiger partial charge is 0.302 e. The van der Waals surface area contributed by atoms with E-state index in [0.29, 0.717) is 0 Å². The summed E-state index contributed by atoms with van der Waals surface area (Å²) in [7, 11) is 0. The summed E-state index contributed by atoms with van der Waals surface area (Å²) >= 11 is 1.66. The van der Waals surface area contributed by atoms with Crippen LogP contribution in [0.2, 0.25) is 0 Å². The first-order valence-corrected chi connectivity index (χ1v) is 11.3. The van der Waals surface area contributed by atoms with E-state index < -0.39 is 0 Å². The molecule has 0 unspecified atom stereocenters. The van der Waals surface area contributed by atoms with Crippen LogP contribution in [0.15, 0.2) is 12.1 Å². The number of hydrogen-bond donors (Lipinski definition) is 0. The van der Waals surface area contributed by atoms with Crippen LogP contribution in [0.25, 0.3) is 10.2 Å². The van der Waals surface area contributed by atoms with Crippen LogP contribution in [0.3, 0.4) is 0 Å². The number of hydrogen-bond acceptors (Lipinski definition) is 4. The predicted molar refractivity (Wildman–Crippen MR) is 116 cm³/mol. The van der Waals surface area contributed by atoms with Gasteiger partial charge < -0.3 is 4.90 Å². The molecular formula is C22H33N3OS. The molecule has 1 aromatic carbocycles. The van der Waals surface area contributed by atoms with Gasteiger partial charge in [-0.05, 0) is 63.0 Å². The second-order valence-corrected chi connectivity index (χ2v) is 8.76. The smallest absolute Gasteiger partial charge is 0.231 e. The Morgan fingerprint density at radius 2 is 1.74 bits per heavy atom. The lowest BCUT2D eigenvalue weighted by Crippen LogP contribution is -2.42. The van der Waals surface area contributed by atoms with Gasteiger partial charge >= 0.3 is 0 Å². The lowest BCUT2D eigenvalue weighted by atomic mass is 9.88. The first-order valence-electron chi connectivity index (χ1n) is 10.4. The van der Waals surface area contributed by atoms with Crippen molar-refractivity contribution in [3.63, 3.8) is 0 Å². The molecule has 1 saturated carbocycles. The number of aromatic nitrogens is 1. The number of carbonyl (C=O) groups excluding carboxylic acids is 1. The highest BCUT2D eigenvalue weighted by Crippen LogP contribution is 2.33. The number of likely N-dealkylation sites (N-methyl/N-ethyl adjacent to an activating group) is 1. The molecule has 4 nitrogen and oxygen atoms in total. The molecule has 0 N–H and O–H groups in total. The molecule has 1 amide bonds. The van der Waals surface area contributed by atoms with Crippen molar-refractivity contribution in [3.8, 4) is 0 Å². The Morgan fingerprint density at radius 3 is 2.41 bits per heavy atom. The molecule has 148 valence electrons. The Morgan fingerprint density at radius 1 is 1.07 bits per heavy atom. The van der Waals surface area contributed by atoms with Crippen molar-refractivity contribution in [1.29, 1.82) is 0 Å². The first kappa shape index (κ1) is 20.3. The molecule has 1 fully saturated rings. The fourth-order valence-corrected chi connectivity index (χ4v) is 5.01. The summed E-state index contributed by atoms with van der Waals surface area (Å²) in [5.74, 6) is 0.459. The molecule has 0 spiro atoms. The highest BCUT2D eigenvalue weighted by atomic mass is 32.1. The van der Waals surface area contributed by atoms with E-state index in [-0.39, 0.29) is 11.8 Å². The van der Waals surface area contributed by atoms with E-state index >= 15 is 0 Å². The SMILES string of the molecule is CCN(CC)CCN(C(=O)C1CCCCC1)c1nc2cc(C)c(C)cc2s1. The Bertz CT molecular complexity index is 736. The third-order valence-corrected chi connectivity index (χ3v) is 7.02. The van der Waals surface area contributed by atoms with E-state index in [0.717, 1.165) is 49.7 Å². The Labute approximate surface area is 167 Å². The van der Waals surface area contributed by atoms with Gasteiger partial charge in [-0.25, -0.2) is 4.98 Å². The monoisotopic (exact) mass is 387 g/mol. The Kier molecular flexibility index (Phi) is 6.88. The van der Waals surface area contributed by atoms with Gasteiger partial charge in [0, 0.05) is 19.0 Å². The minimum absolute atomic E-state index is 0.172. The van der Waals surface area contributed by atoms with E-state index in [1.165, 1.54) is 35.1 Å². The zero-order valence-electron chi connectivity index (χ0n) is 17.3. The minimum atomic E-state index is 0.172. The molecule has 3 rings (SSSR count). The zero-order valence-corrected chi connectivity index (χ0v) is 18.1. The maximum absolute atomic E-state index is 13.4. The number of carbonyl (C=O) groups is 1. The summed E-state index contributed by atoms with van der Waals surface area (Å²) in [6, 6.07) is 4.36. The van der Waals surface area contributed by atoms with E-state index in [1.54, 1.807) is 11.3 Å². The van der Waals surface area contributed by atoms with Crippen LogP contribution in [0, 0.1) is 19.8 Å². The van der Waals surface area contributed by atoms with Crippen LogP contribution in [-0.2, 0) is 4.79 Å². The van der Waals surface area contributed by atoms with Gasteiger partial charge in [0.05, 0.1) is 10.2 Å². The van der Waals surface area contributed by atoms with Crippen LogP contribution >= 0.6 is 11.3 Å². The third-order valence-electron chi connectivity index (χ3n) is 5.98. The fourth-order valence-electron chi connectivity index (χ4n) is 3.93. The summed E-state index contributed by atoms with van der Waals surface area (Å²) < 4.78 is 1.18. The summed E-state index contributed by atoms with van der Waals surface area (Å²) in [5.41, 5.74) is 3.56. The van der Waals surface area contributed by atoms with Crippen LogP contribution in [0.1, 0.15) is 57.1 Å². The molecule has 0 saturated heterocycles. The van der Waals surface area contributed by atoms with Gasteiger partial charge in [0.25, 0.3) is 0 Å². The summed E-state index contributed by atoms with van der Waals surface area (Å²) in [6.07, 6.45) is 5.69. The van der Waals surface area contributed by atoms with Crippen molar-refractivity contribution in [1.82, 2.24) is 9.88 Å². The molecule has 0 radical (unpaired) electrons. The van der Waals surface area contributed by atoms with Crippen molar-refractivity contribution in [2.24, 2.45) is 5.92 Å². The van der Waals surface area contributed by atoms with Gasteiger partial charge in [-0.3, -0.25) is 9.69 Å². The van der Waals surface area contributed by atoms with Crippen molar-refractivity contribution in [2.45, 2.75) is 59.8 Å². The van der Waals surface area contributed by atoms with Gasteiger partial charge in [0.15, 0.2) is 5.13 Å². The molecule has 1 aliphatic carbocycles. The molecular weight excluding hydrogens is 354 g/mol. The Balaban J connectivity index is 1.89. The molecule has 5 heteroatoms. The predicted octanol–water partition coefficient (Wildman–Crippen LogP) is 5.17. The summed E-state index contributed by atoms with van der Waals surface area (Å²) in [5, 5.41) is 0.873. The topological polar surface area (TPSA) is 36.4 Å². The van der Waals surface area contributed by atoms with Crippen LogP contribution in [0.4, 0.5) is 5.13 Å². The molecule has 0 atom stereocenters. The normalized spacial score (nSPS) is 15.6. The second kappa shape index (κ2) is 9.16. The third kappa shape index (κ3) is 4.69. The maximum Gasteiger partial charge on any atom is 0.231 e. The highest BCUT2D eigenvalue weighted by molar-refractivity contribution is 7.22. The van der Waals surface area contributed by atoms with Gasteiger partial charge in [-0.1, -0.05) is 44.4 Å². The van der Waals surface area contributed by atoms with E-state index in [1.807, 2.05) is 4.90 Å². The molecule has 0 aliphatic heterocycles. The van der Waals surface area contributed by atoms with E-state index in [2.05, 4.69) is 44.7 Å². The van der Waals surface area contributed by atoms with Gasteiger partial charge in [0.2, 0.25) is 5.91 Å². The molecule has 27 heavy (non-hydrogen) atoms. The quantitative estimate of drug-likeness (QED) is 0.658. The van der Waals surface area contributed by atoms with Crippen LogP contribution < -0.4 is 4.90 Å². The Hall–Kier alpha value is -1.46. The highest BCUT2D eigenvalue weighted by Gasteiger charge is 2.29. The lowest BCUT2D eigenvalue weighted by molar-refractivity contribution is -0.123. The minimum Gasteiger partial charge on any atom is -0.302 e. The summed E-state index contributed by atoms with van der Waals surface area (Å²) in [6.45, 7) is 12.3. The fraction of sp³-hybridized carbons (Fsp3) is 0.636. The first-order chi connectivity index (χ1) is 13.0. The number of aryl methyl sites for hydroxylation is 2. The number of fused-ring (bicyclic) bond motifs is 1.